The van der Waals surface area contributed by atoms with Gasteiger partial charge in [0.2, 0.25) is 0 Å². The summed E-state index contributed by atoms with van der Waals surface area (Å²) in [6.45, 7) is 4.68. The van der Waals surface area contributed by atoms with Crippen LogP contribution in [0.15, 0.2) is 18.2 Å². The zero-order chi connectivity index (χ0) is 14.0. The van der Waals surface area contributed by atoms with Gasteiger partial charge in [-0.2, -0.15) is 0 Å². The van der Waals surface area contributed by atoms with Crippen LogP contribution in [-0.2, 0) is 11.3 Å². The van der Waals surface area contributed by atoms with Gasteiger partial charge in [0.05, 0.1) is 12.7 Å². The van der Waals surface area contributed by atoms with Gasteiger partial charge in [-0.3, -0.25) is 4.90 Å². The second-order valence-electron chi connectivity index (χ2n) is 5.13. The van der Waals surface area contributed by atoms with E-state index in [-0.39, 0.29) is 12.0 Å². The van der Waals surface area contributed by atoms with E-state index in [1.54, 1.807) is 18.2 Å². The van der Waals surface area contributed by atoms with Crippen molar-refractivity contribution in [3.05, 3.63) is 34.3 Å². The van der Waals surface area contributed by atoms with Crippen molar-refractivity contribution >= 4 is 17.6 Å². The second kappa shape index (κ2) is 5.90. The van der Waals surface area contributed by atoms with E-state index < -0.39 is 0 Å². The maximum Gasteiger partial charge on any atom is 0.337 e. The van der Waals surface area contributed by atoms with Crippen molar-refractivity contribution in [2.45, 2.75) is 19.5 Å². The molecule has 0 aliphatic carbocycles. The molecule has 0 spiro atoms. The van der Waals surface area contributed by atoms with Gasteiger partial charge in [0.15, 0.2) is 0 Å². The molecule has 5 heteroatoms. The lowest BCUT2D eigenvalue weighted by Gasteiger charge is -2.16. The zero-order valence-corrected chi connectivity index (χ0v) is 12.0. The Bertz CT molecular complexity index is 469. The number of methoxy groups -OCH3 is 1. The summed E-state index contributed by atoms with van der Waals surface area (Å²) in [5, 5.41) is 0.667. The molecule has 0 bridgehead atoms. The number of hydrogen-bond acceptors (Lipinski definition) is 4. The van der Waals surface area contributed by atoms with E-state index >= 15 is 0 Å². The molecule has 1 heterocycles. The Morgan fingerprint density at radius 3 is 2.84 bits per heavy atom. The maximum atomic E-state index is 11.5. The molecule has 1 aliphatic rings. The van der Waals surface area contributed by atoms with E-state index in [9.17, 15) is 4.79 Å². The van der Waals surface area contributed by atoms with Crippen LogP contribution in [0.2, 0.25) is 5.02 Å². The minimum Gasteiger partial charge on any atom is -0.465 e. The van der Waals surface area contributed by atoms with Gasteiger partial charge in [-0.05, 0) is 29.7 Å². The number of esters is 1. The third-order valence-electron chi connectivity index (χ3n) is 3.61. The first-order chi connectivity index (χ1) is 9.01. The fourth-order valence-corrected chi connectivity index (χ4v) is 2.58. The smallest absolute Gasteiger partial charge is 0.337 e. The monoisotopic (exact) mass is 282 g/mol. The highest BCUT2D eigenvalue weighted by Crippen LogP contribution is 2.23. The van der Waals surface area contributed by atoms with Crippen LogP contribution in [0.5, 0.6) is 0 Å². The van der Waals surface area contributed by atoms with Gasteiger partial charge < -0.3 is 10.5 Å². The molecule has 4 nitrogen and oxygen atoms in total. The van der Waals surface area contributed by atoms with Crippen molar-refractivity contribution in [2.24, 2.45) is 11.7 Å². The van der Waals surface area contributed by atoms with Crippen LogP contribution in [0.4, 0.5) is 0 Å². The number of hydrogen-bond donors (Lipinski definition) is 1. The molecule has 0 amide bonds. The summed E-state index contributed by atoms with van der Waals surface area (Å²) in [4.78, 5) is 13.8. The number of carbonyl (C=O) groups is 1. The second-order valence-corrected chi connectivity index (χ2v) is 5.54. The molecule has 104 valence electrons. The summed E-state index contributed by atoms with van der Waals surface area (Å²) < 4.78 is 4.72. The van der Waals surface area contributed by atoms with E-state index in [1.165, 1.54) is 7.11 Å². The number of rotatable bonds is 3. The quantitative estimate of drug-likeness (QED) is 0.861. The van der Waals surface area contributed by atoms with Crippen molar-refractivity contribution in [2.75, 3.05) is 20.2 Å². The van der Waals surface area contributed by atoms with E-state index in [2.05, 4.69) is 11.8 Å². The Kier molecular flexibility index (Phi) is 4.45. The van der Waals surface area contributed by atoms with Crippen LogP contribution in [0.25, 0.3) is 0 Å². The predicted octanol–water partition coefficient (Wildman–Crippen LogP) is 1.91. The SMILES string of the molecule is COC(=O)c1ccc(Cl)c(CN2CC(C)C(N)C2)c1. The van der Waals surface area contributed by atoms with Crippen LogP contribution < -0.4 is 5.73 Å². The van der Waals surface area contributed by atoms with E-state index in [1.807, 2.05) is 0 Å². The number of carbonyl (C=O) groups excluding carboxylic acids is 1. The Morgan fingerprint density at radius 2 is 2.26 bits per heavy atom. The van der Waals surface area contributed by atoms with Crippen LogP contribution >= 0.6 is 11.6 Å². The summed E-state index contributed by atoms with van der Waals surface area (Å²) in [5.74, 6) is 0.145. The zero-order valence-electron chi connectivity index (χ0n) is 11.2. The molecule has 0 aromatic heterocycles. The predicted molar refractivity (Wildman–Crippen MR) is 75.2 cm³/mol. The molecular formula is C14H19ClN2O2. The van der Waals surface area contributed by atoms with E-state index in [0.717, 1.165) is 18.7 Å². The molecular weight excluding hydrogens is 264 g/mol. The molecule has 0 saturated carbocycles. The van der Waals surface area contributed by atoms with Crippen LogP contribution in [0, 0.1) is 5.92 Å². The minimum atomic E-state index is -0.343. The molecule has 2 unspecified atom stereocenters. The summed E-state index contributed by atoms with van der Waals surface area (Å²) >= 11 is 6.19. The number of benzene rings is 1. The third-order valence-corrected chi connectivity index (χ3v) is 3.98. The van der Waals surface area contributed by atoms with Crippen LogP contribution in [0.3, 0.4) is 0 Å². The molecule has 2 rings (SSSR count). The molecule has 1 aliphatic heterocycles. The van der Waals surface area contributed by atoms with Gasteiger partial charge >= 0.3 is 5.97 Å². The standard InChI is InChI=1S/C14H19ClN2O2/c1-9-6-17(8-13(9)16)7-11-5-10(14(18)19-2)3-4-12(11)15/h3-5,9,13H,6-8,16H2,1-2H3. The summed E-state index contributed by atoms with van der Waals surface area (Å²) in [6, 6.07) is 5.42. The minimum absolute atomic E-state index is 0.211. The highest BCUT2D eigenvalue weighted by atomic mass is 35.5. The number of nitrogens with zero attached hydrogens (tertiary/aromatic N) is 1. The number of likely N-dealkylation sites (tertiary alicyclic amines) is 1. The lowest BCUT2D eigenvalue weighted by atomic mass is 10.1. The summed E-state index contributed by atoms with van der Waals surface area (Å²) in [7, 11) is 1.37. The first-order valence-electron chi connectivity index (χ1n) is 6.36. The third kappa shape index (κ3) is 3.26. The number of halogens is 1. The molecule has 1 aromatic rings. The van der Waals surface area contributed by atoms with Gasteiger partial charge in [0, 0.05) is 30.7 Å². The summed E-state index contributed by atoms with van der Waals surface area (Å²) in [5.41, 5.74) is 7.47. The molecule has 1 aromatic carbocycles. The van der Waals surface area contributed by atoms with E-state index in [4.69, 9.17) is 22.1 Å². The van der Waals surface area contributed by atoms with Crippen molar-refractivity contribution in [1.29, 1.82) is 0 Å². The van der Waals surface area contributed by atoms with Crippen LogP contribution in [-0.4, -0.2) is 37.1 Å². The molecule has 0 radical (unpaired) electrons. The summed E-state index contributed by atoms with van der Waals surface area (Å²) in [6.07, 6.45) is 0. The fraction of sp³-hybridized carbons (Fsp3) is 0.500. The van der Waals surface area contributed by atoms with Crippen molar-refractivity contribution in [1.82, 2.24) is 4.90 Å². The van der Waals surface area contributed by atoms with Crippen LogP contribution in [0.1, 0.15) is 22.8 Å². The normalized spacial score (nSPS) is 23.6. The molecule has 19 heavy (non-hydrogen) atoms. The molecule has 2 N–H and O–H groups in total. The maximum absolute atomic E-state index is 11.5. The Balaban J connectivity index is 2.13. The lowest BCUT2D eigenvalue weighted by Crippen LogP contribution is -2.28. The Morgan fingerprint density at radius 1 is 1.53 bits per heavy atom. The first kappa shape index (κ1) is 14.3. The molecule has 2 atom stereocenters. The Labute approximate surface area is 118 Å². The largest absolute Gasteiger partial charge is 0.465 e. The highest BCUT2D eigenvalue weighted by Gasteiger charge is 2.26. The fourth-order valence-electron chi connectivity index (χ4n) is 2.41. The first-order valence-corrected chi connectivity index (χ1v) is 6.73. The molecule has 1 fully saturated rings. The Hall–Kier alpha value is -1.10. The molecule has 1 saturated heterocycles. The average Bonchev–Trinajstić information content (AvgIpc) is 2.70. The van der Waals surface area contributed by atoms with Gasteiger partial charge in [0.1, 0.15) is 0 Å². The lowest BCUT2D eigenvalue weighted by molar-refractivity contribution is 0.0600. The number of ether oxygens (including phenoxy) is 1. The van der Waals surface area contributed by atoms with Crippen molar-refractivity contribution in [3.63, 3.8) is 0 Å². The van der Waals surface area contributed by atoms with Gasteiger partial charge in [-0.15, -0.1) is 0 Å². The number of nitrogens with two attached hydrogens (primary N) is 1. The topological polar surface area (TPSA) is 55.6 Å². The van der Waals surface area contributed by atoms with Gasteiger partial charge in [-0.25, -0.2) is 4.79 Å². The van der Waals surface area contributed by atoms with Crippen molar-refractivity contribution < 1.29 is 9.53 Å². The van der Waals surface area contributed by atoms with Crippen molar-refractivity contribution in [3.8, 4) is 0 Å². The van der Waals surface area contributed by atoms with Gasteiger partial charge in [-0.1, -0.05) is 18.5 Å². The van der Waals surface area contributed by atoms with E-state index in [0.29, 0.717) is 23.0 Å². The highest BCUT2D eigenvalue weighted by molar-refractivity contribution is 6.31. The average molecular weight is 283 g/mol. The van der Waals surface area contributed by atoms with Gasteiger partial charge in [0.25, 0.3) is 0 Å².